The Morgan fingerprint density at radius 1 is 0.926 bits per heavy atom. The molecule has 2 N–H and O–H groups in total. The zero-order valence-electron chi connectivity index (χ0n) is 17.4. The van der Waals surface area contributed by atoms with Crippen molar-refractivity contribution in [3.05, 3.63) is 36.5 Å². The van der Waals surface area contributed by atoms with Crippen molar-refractivity contribution in [3.63, 3.8) is 0 Å². The lowest BCUT2D eigenvalue weighted by atomic mass is 10.0. The Morgan fingerprint density at radius 2 is 1.48 bits per heavy atom. The van der Waals surface area contributed by atoms with E-state index in [-0.39, 0.29) is 6.61 Å². The molecule has 0 aromatic rings. The average molecular weight is 381 g/mol. The smallest absolute Gasteiger partial charge is 0.407 e. The van der Waals surface area contributed by atoms with Gasteiger partial charge in [-0.15, -0.1) is 0 Å². The molecule has 0 aliphatic rings. The van der Waals surface area contributed by atoms with E-state index in [1.54, 1.807) is 6.08 Å². The molecule has 0 aromatic heterocycles. The van der Waals surface area contributed by atoms with E-state index in [1.165, 1.54) is 0 Å². The first-order valence-electron chi connectivity index (χ1n) is 9.60. The van der Waals surface area contributed by atoms with Gasteiger partial charge in [-0.3, -0.25) is 0 Å². The third-order valence-corrected chi connectivity index (χ3v) is 3.36. The first-order chi connectivity index (χ1) is 12.7. The highest BCUT2D eigenvalue weighted by Gasteiger charge is 2.15. The third-order valence-electron chi connectivity index (χ3n) is 3.36. The standard InChI is InChI=1S/C21H36N2O4/c1-6-7-8-9-10-11-12-17-26-19(24)22-15-13-18(2)14-16-23-20(25)27-21(3,4)5/h7-12,18H,6,13-17H2,1-5H3,(H,22,24)(H,23,25)/b8-7-,10-9-,12-11+. The van der Waals surface area contributed by atoms with Crippen LogP contribution in [-0.2, 0) is 9.47 Å². The molecule has 0 spiro atoms. The second-order valence-electron chi connectivity index (χ2n) is 7.29. The van der Waals surface area contributed by atoms with Crippen molar-refractivity contribution in [1.29, 1.82) is 0 Å². The summed E-state index contributed by atoms with van der Waals surface area (Å²) in [5.41, 5.74) is -0.489. The van der Waals surface area contributed by atoms with Crippen LogP contribution in [0.1, 0.15) is 53.9 Å². The number of carbonyl (C=O) groups excluding carboxylic acids is 2. The first kappa shape index (κ1) is 24.8. The average Bonchev–Trinajstić information content (AvgIpc) is 2.55. The summed E-state index contributed by atoms with van der Waals surface area (Å²) in [6.45, 7) is 11.0. The fourth-order valence-electron chi connectivity index (χ4n) is 1.95. The maximum absolute atomic E-state index is 11.6. The van der Waals surface area contributed by atoms with Crippen LogP contribution in [-0.4, -0.2) is 37.5 Å². The van der Waals surface area contributed by atoms with Crippen LogP contribution in [0.25, 0.3) is 0 Å². The Balaban J connectivity index is 3.70. The molecule has 2 amide bonds. The monoisotopic (exact) mass is 380 g/mol. The molecule has 0 radical (unpaired) electrons. The van der Waals surface area contributed by atoms with Crippen LogP contribution in [0.2, 0.25) is 0 Å². The van der Waals surface area contributed by atoms with Gasteiger partial charge in [-0.25, -0.2) is 9.59 Å². The second-order valence-corrected chi connectivity index (χ2v) is 7.29. The fourth-order valence-corrected chi connectivity index (χ4v) is 1.95. The highest BCUT2D eigenvalue weighted by molar-refractivity contribution is 5.67. The van der Waals surface area contributed by atoms with E-state index in [0.29, 0.717) is 19.0 Å². The number of ether oxygens (including phenoxy) is 2. The van der Waals surface area contributed by atoms with Crippen molar-refractivity contribution in [2.24, 2.45) is 5.92 Å². The summed E-state index contributed by atoms with van der Waals surface area (Å²) in [7, 11) is 0. The van der Waals surface area contributed by atoms with Gasteiger partial charge in [-0.1, -0.05) is 44.2 Å². The first-order valence-corrected chi connectivity index (χ1v) is 9.60. The number of rotatable bonds is 11. The molecule has 154 valence electrons. The third kappa shape index (κ3) is 18.4. The topological polar surface area (TPSA) is 76.7 Å². The summed E-state index contributed by atoms with van der Waals surface area (Å²) in [5.74, 6) is 0.362. The van der Waals surface area contributed by atoms with Gasteiger partial charge in [0.25, 0.3) is 0 Å². The normalized spacial score (nSPS) is 13.2. The summed E-state index contributed by atoms with van der Waals surface area (Å²) < 4.78 is 10.2. The molecule has 0 saturated heterocycles. The number of carbonyl (C=O) groups is 2. The van der Waals surface area contributed by atoms with E-state index >= 15 is 0 Å². The molecule has 0 aliphatic carbocycles. The number of alkyl carbamates (subject to hydrolysis) is 2. The quantitative estimate of drug-likeness (QED) is 0.508. The SMILES string of the molecule is CC\C=C/C=C\C=C\COC(=O)NCCC(C)CCNC(=O)OC(C)(C)C. The number of allylic oxidation sites excluding steroid dienone is 5. The van der Waals surface area contributed by atoms with Crippen LogP contribution in [0.3, 0.4) is 0 Å². The van der Waals surface area contributed by atoms with Gasteiger partial charge in [0.2, 0.25) is 0 Å². The molecule has 27 heavy (non-hydrogen) atoms. The maximum atomic E-state index is 11.6. The minimum atomic E-state index is -0.489. The van der Waals surface area contributed by atoms with Crippen LogP contribution >= 0.6 is 0 Å². The van der Waals surface area contributed by atoms with Crippen molar-refractivity contribution in [1.82, 2.24) is 10.6 Å². The Hall–Kier alpha value is -2.24. The summed E-state index contributed by atoms with van der Waals surface area (Å²) in [5, 5.41) is 5.46. The van der Waals surface area contributed by atoms with Crippen LogP contribution in [0.4, 0.5) is 9.59 Å². The van der Waals surface area contributed by atoms with Crippen LogP contribution in [0.15, 0.2) is 36.5 Å². The Morgan fingerprint density at radius 3 is 2.04 bits per heavy atom. The van der Waals surface area contributed by atoms with Crippen molar-refractivity contribution in [2.75, 3.05) is 19.7 Å². The van der Waals surface area contributed by atoms with Crippen molar-refractivity contribution in [3.8, 4) is 0 Å². The molecule has 6 heteroatoms. The van der Waals surface area contributed by atoms with Crippen LogP contribution in [0.5, 0.6) is 0 Å². The second kappa shape index (κ2) is 14.9. The van der Waals surface area contributed by atoms with Crippen molar-refractivity contribution >= 4 is 12.2 Å². The van der Waals surface area contributed by atoms with Crippen LogP contribution < -0.4 is 10.6 Å². The Bertz CT molecular complexity index is 505. The Kier molecular flexibility index (Phi) is 13.6. The van der Waals surface area contributed by atoms with Gasteiger partial charge in [0.15, 0.2) is 0 Å². The molecule has 0 bridgehead atoms. The van der Waals surface area contributed by atoms with Crippen LogP contribution in [0, 0.1) is 5.92 Å². The van der Waals surface area contributed by atoms with Gasteiger partial charge in [-0.2, -0.15) is 0 Å². The Labute approximate surface area is 164 Å². The van der Waals surface area contributed by atoms with Gasteiger partial charge in [0.05, 0.1) is 0 Å². The molecule has 0 fully saturated rings. The zero-order chi connectivity index (χ0) is 20.5. The maximum Gasteiger partial charge on any atom is 0.407 e. The molecule has 0 aliphatic heterocycles. The van der Waals surface area contributed by atoms with Crippen molar-refractivity contribution in [2.45, 2.75) is 59.5 Å². The van der Waals surface area contributed by atoms with Crippen molar-refractivity contribution < 1.29 is 19.1 Å². The summed E-state index contributed by atoms with van der Waals surface area (Å²) in [6, 6.07) is 0. The largest absolute Gasteiger partial charge is 0.445 e. The van der Waals surface area contributed by atoms with Gasteiger partial charge in [0, 0.05) is 13.1 Å². The van der Waals surface area contributed by atoms with Gasteiger partial charge >= 0.3 is 12.2 Å². The number of hydrogen-bond donors (Lipinski definition) is 2. The summed E-state index contributed by atoms with van der Waals surface area (Å²) in [6.07, 6.45) is 13.3. The summed E-state index contributed by atoms with van der Waals surface area (Å²) in [4.78, 5) is 23.1. The van der Waals surface area contributed by atoms with Gasteiger partial charge in [-0.05, 0) is 52.0 Å². The molecule has 0 heterocycles. The lowest BCUT2D eigenvalue weighted by Gasteiger charge is -2.20. The molecular formula is C21H36N2O4. The molecule has 1 unspecified atom stereocenters. The van der Waals surface area contributed by atoms with E-state index in [1.807, 2.05) is 45.1 Å². The lowest BCUT2D eigenvalue weighted by molar-refractivity contribution is 0.0525. The number of amides is 2. The van der Waals surface area contributed by atoms with Gasteiger partial charge < -0.3 is 20.1 Å². The summed E-state index contributed by atoms with van der Waals surface area (Å²) >= 11 is 0. The molecular weight excluding hydrogens is 344 g/mol. The zero-order valence-corrected chi connectivity index (χ0v) is 17.4. The van der Waals surface area contributed by atoms with Gasteiger partial charge in [0.1, 0.15) is 12.2 Å². The van der Waals surface area contributed by atoms with E-state index in [4.69, 9.17) is 9.47 Å². The van der Waals surface area contributed by atoms with E-state index < -0.39 is 17.8 Å². The highest BCUT2D eigenvalue weighted by Crippen LogP contribution is 2.08. The predicted octanol–water partition coefficient (Wildman–Crippen LogP) is 4.73. The molecule has 6 nitrogen and oxygen atoms in total. The molecule has 0 saturated carbocycles. The fraction of sp³-hybridized carbons (Fsp3) is 0.619. The highest BCUT2D eigenvalue weighted by atomic mass is 16.6. The number of hydrogen-bond acceptors (Lipinski definition) is 4. The predicted molar refractivity (Wildman–Crippen MR) is 110 cm³/mol. The van der Waals surface area contributed by atoms with E-state index in [9.17, 15) is 9.59 Å². The lowest BCUT2D eigenvalue weighted by Crippen LogP contribution is -2.33. The molecule has 1 atom stereocenters. The number of nitrogens with one attached hydrogen (secondary N) is 2. The van der Waals surface area contributed by atoms with E-state index in [0.717, 1.165) is 19.3 Å². The minimum Gasteiger partial charge on any atom is -0.445 e. The molecule has 0 aromatic carbocycles. The van der Waals surface area contributed by atoms with E-state index in [2.05, 4.69) is 30.6 Å². The minimum absolute atomic E-state index is 0.239. The molecule has 0 rings (SSSR count).